The molecule has 1 atom stereocenters. The summed E-state index contributed by atoms with van der Waals surface area (Å²) in [5, 5.41) is 10.4. The molecule has 0 unspecified atom stereocenters. The first-order chi connectivity index (χ1) is 22.3. The molecular weight excluding hydrogens is 588 g/mol. The van der Waals surface area contributed by atoms with Gasteiger partial charge >= 0.3 is 18.0 Å². The summed E-state index contributed by atoms with van der Waals surface area (Å²) < 4.78 is 10.8. The summed E-state index contributed by atoms with van der Waals surface area (Å²) >= 11 is 0. The van der Waals surface area contributed by atoms with Crippen LogP contribution >= 0.6 is 0 Å². The zero-order valence-electron chi connectivity index (χ0n) is 25.3. The van der Waals surface area contributed by atoms with Crippen LogP contribution < -0.4 is 19.3 Å². The molecule has 0 saturated carbocycles. The van der Waals surface area contributed by atoms with Crippen LogP contribution in [0, 0.1) is 0 Å². The number of hydrogen-bond acceptors (Lipinski definition) is 6. The Balaban J connectivity index is 1.34. The quantitative estimate of drug-likeness (QED) is 0.303. The van der Waals surface area contributed by atoms with E-state index in [1.54, 1.807) is 97.1 Å². The first-order valence-corrected chi connectivity index (χ1v) is 14.7. The number of aliphatic carboxylic acids is 1. The summed E-state index contributed by atoms with van der Waals surface area (Å²) in [6.45, 7) is -0.254. The maximum Gasteiger partial charge on any atom is 0.330 e. The molecule has 1 fully saturated rings. The Labute approximate surface area is 265 Å². The number of carbonyl (C=O) groups excluding carboxylic acids is 3. The van der Waals surface area contributed by atoms with Crippen LogP contribution in [-0.2, 0) is 11.2 Å². The second-order valence-electron chi connectivity index (χ2n) is 10.9. The van der Waals surface area contributed by atoms with E-state index in [-0.39, 0.29) is 31.8 Å². The predicted octanol–water partition coefficient (Wildman–Crippen LogP) is 5.73. The fraction of sp³-hybridized carbons (Fsp3) is 0.200. The van der Waals surface area contributed by atoms with E-state index in [0.717, 1.165) is 0 Å². The summed E-state index contributed by atoms with van der Waals surface area (Å²) in [6.07, 6.45) is 0.103. The van der Waals surface area contributed by atoms with Gasteiger partial charge in [-0.15, -0.1) is 0 Å². The third kappa shape index (κ3) is 5.58. The summed E-state index contributed by atoms with van der Waals surface area (Å²) in [5.41, 5.74) is 2.93. The van der Waals surface area contributed by atoms with E-state index < -0.39 is 24.1 Å². The molecule has 0 aromatic heterocycles. The van der Waals surface area contributed by atoms with E-state index in [4.69, 9.17) is 9.47 Å². The van der Waals surface area contributed by atoms with Crippen molar-refractivity contribution in [3.05, 3.63) is 108 Å². The van der Waals surface area contributed by atoms with Gasteiger partial charge in [-0.1, -0.05) is 42.5 Å². The molecule has 234 valence electrons. The number of amides is 4. The number of carboxylic acid groups (broad SMARTS) is 1. The SMILES string of the molecule is COc1cccc(N(C(=O)N2CCN(C(=O)N3c4ccccc4CC(=O)c4ccccc43)[C@H](C(=O)O)C2)c2cccc(OC)c2)c1. The highest BCUT2D eigenvalue weighted by Gasteiger charge is 2.42. The number of urea groups is 2. The molecule has 2 aliphatic rings. The highest BCUT2D eigenvalue weighted by Crippen LogP contribution is 2.38. The molecule has 0 bridgehead atoms. The summed E-state index contributed by atoms with van der Waals surface area (Å²) in [5.74, 6) is -0.326. The molecule has 0 radical (unpaired) electrons. The van der Waals surface area contributed by atoms with Gasteiger partial charge in [0.25, 0.3) is 0 Å². The van der Waals surface area contributed by atoms with Crippen molar-refractivity contribution in [2.75, 3.05) is 43.7 Å². The lowest BCUT2D eigenvalue weighted by Crippen LogP contribution is -2.62. The van der Waals surface area contributed by atoms with Gasteiger partial charge in [0.2, 0.25) is 0 Å². The molecule has 11 nitrogen and oxygen atoms in total. The third-order valence-electron chi connectivity index (χ3n) is 8.22. The highest BCUT2D eigenvalue weighted by atomic mass is 16.5. The van der Waals surface area contributed by atoms with Crippen molar-refractivity contribution in [2.45, 2.75) is 12.5 Å². The third-order valence-corrected chi connectivity index (χ3v) is 8.22. The molecule has 2 aliphatic heterocycles. The minimum Gasteiger partial charge on any atom is -0.497 e. The number of ether oxygens (including phenoxy) is 2. The zero-order valence-corrected chi connectivity index (χ0v) is 25.3. The van der Waals surface area contributed by atoms with E-state index in [2.05, 4.69) is 0 Å². The first-order valence-electron chi connectivity index (χ1n) is 14.7. The van der Waals surface area contributed by atoms with Crippen molar-refractivity contribution in [3.8, 4) is 11.5 Å². The normalized spacial score (nSPS) is 15.7. The van der Waals surface area contributed by atoms with E-state index >= 15 is 0 Å². The second-order valence-corrected chi connectivity index (χ2v) is 10.9. The number of Topliss-reactive ketones (excluding diaryl/α,β-unsaturated/α-hetero) is 1. The van der Waals surface area contributed by atoms with E-state index in [0.29, 0.717) is 45.4 Å². The van der Waals surface area contributed by atoms with Crippen molar-refractivity contribution in [2.24, 2.45) is 0 Å². The van der Waals surface area contributed by atoms with Crippen LogP contribution in [0.4, 0.5) is 32.3 Å². The lowest BCUT2D eigenvalue weighted by molar-refractivity contribution is -0.143. The Bertz CT molecular complexity index is 1780. The first kappa shape index (κ1) is 30.2. The Morgan fingerprint density at radius 2 is 1.39 bits per heavy atom. The summed E-state index contributed by atoms with van der Waals surface area (Å²) in [7, 11) is 3.06. The average molecular weight is 621 g/mol. The highest BCUT2D eigenvalue weighted by molar-refractivity contribution is 6.12. The van der Waals surface area contributed by atoms with Gasteiger partial charge in [0.05, 0.1) is 43.5 Å². The number of rotatable bonds is 5. The van der Waals surface area contributed by atoms with Crippen molar-refractivity contribution in [1.29, 1.82) is 0 Å². The number of anilines is 4. The number of hydrogen-bond donors (Lipinski definition) is 1. The van der Waals surface area contributed by atoms with Crippen LogP contribution in [0.2, 0.25) is 0 Å². The molecule has 1 saturated heterocycles. The minimum absolute atomic E-state index is 0.0552. The van der Waals surface area contributed by atoms with Gasteiger partial charge in [0.15, 0.2) is 5.78 Å². The number of methoxy groups -OCH3 is 2. The lowest BCUT2D eigenvalue weighted by Gasteiger charge is -2.42. The molecule has 4 aromatic rings. The summed E-state index contributed by atoms with van der Waals surface area (Å²) in [6, 6.07) is 25.5. The van der Waals surface area contributed by atoms with Crippen LogP contribution in [0.3, 0.4) is 0 Å². The van der Waals surface area contributed by atoms with Crippen LogP contribution in [0.1, 0.15) is 15.9 Å². The number of ketones is 1. The summed E-state index contributed by atoms with van der Waals surface area (Å²) in [4.78, 5) is 60.2. The standard InChI is InChI=1S/C35H32N4O7/c1-45-26-12-7-10-24(20-26)38(25-11-8-13-27(21-25)46-2)34(43)36-17-18-37(31(22-36)33(41)42)35(44)39-29-15-5-3-9-23(29)19-32(40)28-14-4-6-16-30(28)39/h3-16,20-21,31H,17-19,22H2,1-2H3,(H,41,42)/t31-/m0/s1. The zero-order chi connectivity index (χ0) is 32.4. The maximum absolute atomic E-state index is 14.4. The molecule has 6 rings (SSSR count). The van der Waals surface area contributed by atoms with Crippen LogP contribution in [0.15, 0.2) is 97.1 Å². The van der Waals surface area contributed by atoms with Crippen LogP contribution in [0.25, 0.3) is 0 Å². The molecule has 0 spiro atoms. The topological polar surface area (TPSA) is 120 Å². The Morgan fingerprint density at radius 1 is 0.783 bits per heavy atom. The molecule has 0 aliphatic carbocycles. The van der Waals surface area contributed by atoms with Gasteiger partial charge in [-0.2, -0.15) is 0 Å². The fourth-order valence-corrected chi connectivity index (χ4v) is 5.92. The second kappa shape index (κ2) is 12.6. The largest absolute Gasteiger partial charge is 0.497 e. The Morgan fingerprint density at radius 3 is 2.02 bits per heavy atom. The van der Waals surface area contributed by atoms with Crippen molar-refractivity contribution in [3.63, 3.8) is 0 Å². The molecule has 1 N–H and O–H groups in total. The molecule has 4 aromatic carbocycles. The average Bonchev–Trinajstić information content (AvgIpc) is 3.21. The van der Waals surface area contributed by atoms with Gasteiger partial charge in [-0.05, 0) is 48.0 Å². The Hall–Kier alpha value is -5.84. The number of benzene rings is 4. The van der Waals surface area contributed by atoms with Gasteiger partial charge in [-0.25, -0.2) is 14.4 Å². The Kier molecular flexibility index (Phi) is 8.30. The van der Waals surface area contributed by atoms with Crippen LogP contribution in [0.5, 0.6) is 11.5 Å². The number of carbonyl (C=O) groups is 4. The van der Waals surface area contributed by atoms with Crippen LogP contribution in [-0.4, -0.2) is 78.6 Å². The molecule has 4 amide bonds. The lowest BCUT2D eigenvalue weighted by atomic mass is 10.0. The van der Waals surface area contributed by atoms with Gasteiger partial charge in [0.1, 0.15) is 17.5 Å². The predicted molar refractivity (Wildman–Crippen MR) is 172 cm³/mol. The van der Waals surface area contributed by atoms with E-state index in [9.17, 15) is 24.3 Å². The maximum atomic E-state index is 14.4. The van der Waals surface area contributed by atoms with Crippen molar-refractivity contribution in [1.82, 2.24) is 9.80 Å². The molecule has 2 heterocycles. The van der Waals surface area contributed by atoms with Gasteiger partial charge in [0, 0.05) is 37.2 Å². The number of fused-ring (bicyclic) bond motifs is 2. The van der Waals surface area contributed by atoms with E-state index in [1.807, 2.05) is 0 Å². The number of piperazine rings is 1. The number of nitrogens with zero attached hydrogens (tertiary/aromatic N) is 4. The molecular formula is C35H32N4O7. The fourth-order valence-electron chi connectivity index (χ4n) is 5.92. The number of carboxylic acids is 1. The van der Waals surface area contributed by atoms with Gasteiger partial charge in [-0.3, -0.25) is 14.6 Å². The minimum atomic E-state index is -1.36. The van der Waals surface area contributed by atoms with E-state index in [1.165, 1.54) is 33.8 Å². The van der Waals surface area contributed by atoms with Gasteiger partial charge < -0.3 is 24.4 Å². The smallest absolute Gasteiger partial charge is 0.330 e. The monoisotopic (exact) mass is 620 g/mol. The van der Waals surface area contributed by atoms with Crippen molar-refractivity contribution >= 4 is 46.6 Å². The van der Waals surface area contributed by atoms with Crippen molar-refractivity contribution < 1.29 is 33.8 Å². The molecule has 46 heavy (non-hydrogen) atoms. The number of para-hydroxylation sites is 2. The molecule has 11 heteroatoms.